The number of para-hydroxylation sites is 1. The predicted molar refractivity (Wildman–Crippen MR) is 72.7 cm³/mol. The van der Waals surface area contributed by atoms with Crippen molar-refractivity contribution in [3.8, 4) is 0 Å². The second-order valence-corrected chi connectivity index (χ2v) is 5.51. The minimum atomic E-state index is 0.844. The molecule has 1 N–H and O–H groups in total. The summed E-state index contributed by atoms with van der Waals surface area (Å²) in [6.07, 6.45) is 5.16. The fourth-order valence-electron chi connectivity index (χ4n) is 3.32. The lowest BCUT2D eigenvalue weighted by Crippen LogP contribution is -2.26. The van der Waals surface area contributed by atoms with Crippen LogP contribution in [-0.4, -0.2) is 26.7 Å². The largest absolute Gasteiger partial charge is 0.374 e. The summed E-state index contributed by atoms with van der Waals surface area (Å²) in [5.41, 5.74) is 4.66. The van der Waals surface area contributed by atoms with Gasteiger partial charge in [-0.15, -0.1) is 0 Å². The fraction of sp³-hybridized carbons (Fsp3) is 0.600. The average Bonchev–Trinajstić information content (AvgIpc) is 2.82. The van der Waals surface area contributed by atoms with Crippen molar-refractivity contribution in [2.45, 2.75) is 25.7 Å². The van der Waals surface area contributed by atoms with Crippen LogP contribution in [0.15, 0.2) is 18.2 Å². The Morgan fingerprint density at radius 3 is 3.18 bits per heavy atom. The SMILES string of the molecule is CN1CCCc2cccc(CC3CCNC3)c21. The normalized spacial score (nSPS) is 23.8. The molecule has 0 aromatic heterocycles. The lowest BCUT2D eigenvalue weighted by molar-refractivity contribution is 0.577. The van der Waals surface area contributed by atoms with Gasteiger partial charge in [-0.3, -0.25) is 0 Å². The topological polar surface area (TPSA) is 15.3 Å². The zero-order valence-corrected chi connectivity index (χ0v) is 10.7. The van der Waals surface area contributed by atoms with E-state index >= 15 is 0 Å². The first-order chi connectivity index (χ1) is 8.34. The molecule has 2 heterocycles. The van der Waals surface area contributed by atoms with Gasteiger partial charge in [0.15, 0.2) is 0 Å². The molecule has 0 radical (unpaired) electrons. The van der Waals surface area contributed by atoms with Gasteiger partial charge in [-0.2, -0.15) is 0 Å². The third-order valence-corrected chi connectivity index (χ3v) is 4.20. The van der Waals surface area contributed by atoms with Gasteiger partial charge in [0.05, 0.1) is 0 Å². The molecule has 0 saturated carbocycles. The van der Waals surface area contributed by atoms with Gasteiger partial charge in [-0.25, -0.2) is 0 Å². The average molecular weight is 230 g/mol. The number of hydrogen-bond acceptors (Lipinski definition) is 2. The number of nitrogens with one attached hydrogen (secondary N) is 1. The van der Waals surface area contributed by atoms with Crippen molar-refractivity contribution in [2.75, 3.05) is 31.6 Å². The molecule has 2 aliphatic heterocycles. The maximum absolute atomic E-state index is 3.47. The standard InChI is InChI=1S/C15H22N2/c1-17-9-3-6-13-4-2-5-14(15(13)17)10-12-7-8-16-11-12/h2,4-5,12,16H,3,6-11H2,1H3. The number of rotatable bonds is 2. The first-order valence-electron chi connectivity index (χ1n) is 6.87. The van der Waals surface area contributed by atoms with E-state index in [1.165, 1.54) is 51.0 Å². The zero-order valence-electron chi connectivity index (χ0n) is 10.7. The van der Waals surface area contributed by atoms with Gasteiger partial charge in [0.2, 0.25) is 0 Å². The van der Waals surface area contributed by atoms with E-state index in [4.69, 9.17) is 0 Å². The molecule has 1 aromatic carbocycles. The molecule has 0 bridgehead atoms. The van der Waals surface area contributed by atoms with E-state index in [1.807, 2.05) is 0 Å². The summed E-state index contributed by atoms with van der Waals surface area (Å²) in [5, 5.41) is 3.47. The van der Waals surface area contributed by atoms with Gasteiger partial charge < -0.3 is 10.2 Å². The number of benzene rings is 1. The summed E-state index contributed by atoms with van der Waals surface area (Å²) < 4.78 is 0. The summed E-state index contributed by atoms with van der Waals surface area (Å²) in [6, 6.07) is 6.88. The van der Waals surface area contributed by atoms with Crippen molar-refractivity contribution in [1.82, 2.24) is 5.32 Å². The molecule has 0 amide bonds. The van der Waals surface area contributed by atoms with E-state index in [-0.39, 0.29) is 0 Å². The van der Waals surface area contributed by atoms with Crippen LogP contribution in [0.3, 0.4) is 0 Å². The van der Waals surface area contributed by atoms with E-state index in [0.717, 1.165) is 5.92 Å². The summed E-state index contributed by atoms with van der Waals surface area (Å²) in [5.74, 6) is 0.844. The Labute approximate surface area is 104 Å². The van der Waals surface area contributed by atoms with Crippen molar-refractivity contribution in [3.63, 3.8) is 0 Å². The van der Waals surface area contributed by atoms with E-state index in [1.54, 1.807) is 11.1 Å². The Balaban J connectivity index is 1.87. The summed E-state index contributed by atoms with van der Waals surface area (Å²) in [4.78, 5) is 2.45. The number of anilines is 1. The molecule has 1 fully saturated rings. The van der Waals surface area contributed by atoms with Crippen LogP contribution in [0.1, 0.15) is 24.0 Å². The lowest BCUT2D eigenvalue weighted by atomic mass is 9.92. The molecule has 17 heavy (non-hydrogen) atoms. The Morgan fingerprint density at radius 2 is 2.35 bits per heavy atom. The van der Waals surface area contributed by atoms with Gasteiger partial charge >= 0.3 is 0 Å². The molecular weight excluding hydrogens is 208 g/mol. The third kappa shape index (κ3) is 2.19. The molecule has 3 rings (SSSR count). The Hall–Kier alpha value is -1.02. The number of nitrogens with zero attached hydrogens (tertiary/aromatic N) is 1. The maximum Gasteiger partial charge on any atom is 0.0428 e. The second kappa shape index (κ2) is 4.69. The summed E-state index contributed by atoms with van der Waals surface area (Å²) >= 11 is 0. The molecule has 0 spiro atoms. The number of hydrogen-bond donors (Lipinski definition) is 1. The van der Waals surface area contributed by atoms with E-state index < -0.39 is 0 Å². The number of aryl methyl sites for hydroxylation is 1. The second-order valence-electron chi connectivity index (χ2n) is 5.51. The van der Waals surface area contributed by atoms with Crippen LogP contribution in [0.4, 0.5) is 5.69 Å². The first-order valence-corrected chi connectivity index (χ1v) is 6.87. The molecule has 1 unspecified atom stereocenters. The van der Waals surface area contributed by atoms with Crippen LogP contribution in [0, 0.1) is 5.92 Å². The number of fused-ring (bicyclic) bond motifs is 1. The molecule has 1 aromatic rings. The lowest BCUT2D eigenvalue weighted by Gasteiger charge is -2.30. The highest BCUT2D eigenvalue weighted by Crippen LogP contribution is 2.32. The Kier molecular flexibility index (Phi) is 3.06. The van der Waals surface area contributed by atoms with Crippen LogP contribution in [-0.2, 0) is 12.8 Å². The van der Waals surface area contributed by atoms with Gasteiger partial charge in [-0.1, -0.05) is 18.2 Å². The minimum absolute atomic E-state index is 0.844. The minimum Gasteiger partial charge on any atom is -0.374 e. The van der Waals surface area contributed by atoms with Gasteiger partial charge in [-0.05, 0) is 55.8 Å². The van der Waals surface area contributed by atoms with E-state index in [0.29, 0.717) is 0 Å². The summed E-state index contributed by atoms with van der Waals surface area (Å²) in [6.45, 7) is 3.62. The Morgan fingerprint density at radius 1 is 1.41 bits per heavy atom. The van der Waals surface area contributed by atoms with Crippen molar-refractivity contribution in [1.29, 1.82) is 0 Å². The van der Waals surface area contributed by atoms with Crippen LogP contribution in [0.2, 0.25) is 0 Å². The van der Waals surface area contributed by atoms with Crippen molar-refractivity contribution >= 4 is 5.69 Å². The zero-order chi connectivity index (χ0) is 11.7. The quantitative estimate of drug-likeness (QED) is 0.838. The molecule has 92 valence electrons. The van der Waals surface area contributed by atoms with Gasteiger partial charge in [0.25, 0.3) is 0 Å². The third-order valence-electron chi connectivity index (χ3n) is 4.20. The molecule has 2 aliphatic rings. The van der Waals surface area contributed by atoms with Gasteiger partial charge in [0.1, 0.15) is 0 Å². The molecule has 0 aliphatic carbocycles. The van der Waals surface area contributed by atoms with Crippen molar-refractivity contribution < 1.29 is 0 Å². The molecule has 1 saturated heterocycles. The molecule has 2 nitrogen and oxygen atoms in total. The highest BCUT2D eigenvalue weighted by Gasteiger charge is 2.21. The van der Waals surface area contributed by atoms with Crippen LogP contribution < -0.4 is 10.2 Å². The van der Waals surface area contributed by atoms with Crippen molar-refractivity contribution in [2.24, 2.45) is 5.92 Å². The molecular formula is C15H22N2. The first kappa shape index (κ1) is 11.1. The van der Waals surface area contributed by atoms with Crippen molar-refractivity contribution in [3.05, 3.63) is 29.3 Å². The molecule has 1 atom stereocenters. The highest BCUT2D eigenvalue weighted by molar-refractivity contribution is 5.61. The maximum atomic E-state index is 3.47. The fourth-order valence-corrected chi connectivity index (χ4v) is 3.32. The van der Waals surface area contributed by atoms with Crippen LogP contribution >= 0.6 is 0 Å². The molecule has 2 heteroatoms. The van der Waals surface area contributed by atoms with Crippen LogP contribution in [0.5, 0.6) is 0 Å². The summed E-state index contributed by atoms with van der Waals surface area (Å²) in [7, 11) is 2.24. The van der Waals surface area contributed by atoms with E-state index in [2.05, 4.69) is 35.5 Å². The predicted octanol–water partition coefficient (Wildman–Crippen LogP) is 2.22. The smallest absolute Gasteiger partial charge is 0.0428 e. The van der Waals surface area contributed by atoms with E-state index in [9.17, 15) is 0 Å². The monoisotopic (exact) mass is 230 g/mol. The highest BCUT2D eigenvalue weighted by atomic mass is 15.1. The van der Waals surface area contributed by atoms with Crippen LogP contribution in [0.25, 0.3) is 0 Å². The van der Waals surface area contributed by atoms with Gasteiger partial charge in [0, 0.05) is 19.3 Å². The Bertz CT molecular complexity index is 394.